The van der Waals surface area contributed by atoms with Gasteiger partial charge in [-0.25, -0.2) is 13.4 Å². The molecular weight excluding hydrogens is 460 g/mol. The molecule has 3 aromatic rings. The quantitative estimate of drug-likeness (QED) is 0.515. The molecule has 0 radical (unpaired) electrons. The SMILES string of the molecule is CCOc1ccc(NS(=O)(=O)c2cc(-c3nc(C)cs3)n(CC(=O)N3CCCCC3)c2)cc1. The third-order valence-corrected chi connectivity index (χ3v) is 7.78. The van der Waals surface area contributed by atoms with E-state index in [4.69, 9.17) is 4.74 Å². The lowest BCUT2D eigenvalue weighted by atomic mass is 10.1. The number of likely N-dealkylation sites (tertiary alicyclic amines) is 1. The number of aromatic nitrogens is 2. The van der Waals surface area contributed by atoms with Crippen molar-refractivity contribution in [3.8, 4) is 16.5 Å². The maximum Gasteiger partial charge on any atom is 0.263 e. The fourth-order valence-electron chi connectivity index (χ4n) is 3.80. The Labute approximate surface area is 198 Å². The van der Waals surface area contributed by atoms with Crippen molar-refractivity contribution in [2.45, 2.75) is 44.6 Å². The Bertz CT molecular complexity index is 1210. The molecule has 1 saturated heterocycles. The van der Waals surface area contributed by atoms with E-state index in [1.807, 2.05) is 24.1 Å². The summed E-state index contributed by atoms with van der Waals surface area (Å²) < 4.78 is 36.0. The van der Waals surface area contributed by atoms with Gasteiger partial charge in [0.25, 0.3) is 10.0 Å². The number of anilines is 1. The highest BCUT2D eigenvalue weighted by molar-refractivity contribution is 7.92. The lowest BCUT2D eigenvalue weighted by molar-refractivity contribution is -0.132. The minimum atomic E-state index is -3.86. The van der Waals surface area contributed by atoms with Gasteiger partial charge in [-0.1, -0.05) is 0 Å². The second-order valence-corrected chi connectivity index (χ2v) is 10.5. The van der Waals surface area contributed by atoms with Gasteiger partial charge in [-0.3, -0.25) is 9.52 Å². The van der Waals surface area contributed by atoms with Gasteiger partial charge < -0.3 is 14.2 Å². The van der Waals surface area contributed by atoms with Crippen molar-refractivity contribution in [1.29, 1.82) is 0 Å². The van der Waals surface area contributed by atoms with E-state index in [-0.39, 0.29) is 17.3 Å². The number of thiazole rings is 1. The molecule has 1 aliphatic heterocycles. The zero-order valence-electron chi connectivity index (χ0n) is 18.8. The van der Waals surface area contributed by atoms with E-state index >= 15 is 0 Å². The standard InChI is InChI=1S/C23H28N4O4S2/c1-3-31-19-9-7-18(8-10-19)25-33(29,30)20-13-21(23-24-17(2)16-32-23)27(14-20)15-22(28)26-11-5-4-6-12-26/h7-10,13-14,16,25H,3-6,11-12,15H2,1-2H3. The Morgan fingerprint density at radius 3 is 2.55 bits per heavy atom. The maximum absolute atomic E-state index is 13.1. The van der Waals surface area contributed by atoms with Crippen LogP contribution in [0.15, 0.2) is 46.8 Å². The number of hydrogen-bond acceptors (Lipinski definition) is 6. The van der Waals surface area contributed by atoms with Gasteiger partial charge in [0.05, 0.1) is 12.3 Å². The van der Waals surface area contributed by atoms with Gasteiger partial charge in [0, 0.05) is 36.0 Å². The van der Waals surface area contributed by atoms with E-state index in [1.165, 1.54) is 17.5 Å². The molecule has 4 rings (SSSR count). The van der Waals surface area contributed by atoms with Crippen molar-refractivity contribution in [1.82, 2.24) is 14.5 Å². The second-order valence-electron chi connectivity index (χ2n) is 7.99. The van der Waals surface area contributed by atoms with Crippen molar-refractivity contribution >= 4 is 33.0 Å². The Hall–Kier alpha value is -2.85. The normalized spacial score (nSPS) is 14.3. The number of nitrogens with zero attached hydrogens (tertiary/aromatic N) is 3. The fourth-order valence-corrected chi connectivity index (χ4v) is 5.73. The van der Waals surface area contributed by atoms with Crippen LogP contribution >= 0.6 is 11.3 Å². The molecule has 1 aromatic carbocycles. The minimum absolute atomic E-state index is 0.0109. The number of aryl methyl sites for hydroxylation is 1. The van der Waals surface area contributed by atoms with Crippen LogP contribution in [0, 0.1) is 6.92 Å². The Balaban J connectivity index is 1.61. The van der Waals surface area contributed by atoms with E-state index in [0.717, 1.165) is 38.0 Å². The van der Waals surface area contributed by atoms with Crippen molar-refractivity contribution in [2.75, 3.05) is 24.4 Å². The third-order valence-electron chi connectivity index (χ3n) is 5.45. The van der Waals surface area contributed by atoms with Crippen LogP contribution in [0.2, 0.25) is 0 Å². The summed E-state index contributed by atoms with van der Waals surface area (Å²) in [7, 11) is -3.86. The zero-order chi connectivity index (χ0) is 23.4. The molecule has 0 atom stereocenters. The summed E-state index contributed by atoms with van der Waals surface area (Å²) in [5, 5.41) is 2.59. The number of amides is 1. The molecule has 33 heavy (non-hydrogen) atoms. The topological polar surface area (TPSA) is 93.5 Å². The molecule has 10 heteroatoms. The average molecular weight is 489 g/mol. The first kappa shape index (κ1) is 23.3. The molecule has 0 bridgehead atoms. The van der Waals surface area contributed by atoms with Crippen molar-refractivity contribution in [3.05, 3.63) is 47.6 Å². The van der Waals surface area contributed by atoms with Crippen LogP contribution in [-0.4, -0.2) is 48.5 Å². The van der Waals surface area contributed by atoms with Gasteiger partial charge in [-0.2, -0.15) is 0 Å². The van der Waals surface area contributed by atoms with Crippen molar-refractivity contribution in [3.63, 3.8) is 0 Å². The molecule has 2 aromatic heterocycles. The van der Waals surface area contributed by atoms with E-state index in [0.29, 0.717) is 28.7 Å². The summed E-state index contributed by atoms with van der Waals surface area (Å²) in [5.74, 6) is 0.660. The number of carbonyl (C=O) groups is 1. The molecule has 176 valence electrons. The number of piperidine rings is 1. The molecule has 8 nitrogen and oxygen atoms in total. The second kappa shape index (κ2) is 9.96. The highest BCUT2D eigenvalue weighted by Gasteiger charge is 2.24. The highest BCUT2D eigenvalue weighted by atomic mass is 32.2. The maximum atomic E-state index is 13.1. The molecule has 1 aliphatic rings. The van der Waals surface area contributed by atoms with Crippen LogP contribution < -0.4 is 9.46 Å². The van der Waals surface area contributed by atoms with E-state index in [1.54, 1.807) is 34.9 Å². The summed E-state index contributed by atoms with van der Waals surface area (Å²) in [5.41, 5.74) is 1.90. The summed E-state index contributed by atoms with van der Waals surface area (Å²) in [6.07, 6.45) is 4.66. The number of ether oxygens (including phenoxy) is 1. The van der Waals surface area contributed by atoms with Crippen LogP contribution in [0.3, 0.4) is 0 Å². The molecule has 0 spiro atoms. The molecule has 0 saturated carbocycles. The summed E-state index contributed by atoms with van der Waals surface area (Å²) in [6, 6.07) is 8.33. The third kappa shape index (κ3) is 5.56. The molecule has 1 N–H and O–H groups in total. The Morgan fingerprint density at radius 2 is 1.91 bits per heavy atom. The molecule has 0 aliphatic carbocycles. The molecule has 0 unspecified atom stereocenters. The van der Waals surface area contributed by atoms with Crippen LogP contribution in [0.25, 0.3) is 10.7 Å². The van der Waals surface area contributed by atoms with E-state index in [2.05, 4.69) is 9.71 Å². The number of benzene rings is 1. The number of sulfonamides is 1. The van der Waals surface area contributed by atoms with Crippen molar-refractivity contribution in [2.24, 2.45) is 0 Å². The number of rotatable bonds is 8. The fraction of sp³-hybridized carbons (Fsp3) is 0.391. The van der Waals surface area contributed by atoms with Gasteiger partial charge in [-0.05, 0) is 63.4 Å². The average Bonchev–Trinajstić information content (AvgIpc) is 3.42. The highest BCUT2D eigenvalue weighted by Crippen LogP contribution is 2.29. The van der Waals surface area contributed by atoms with Crippen LogP contribution in [-0.2, 0) is 21.4 Å². The molecule has 3 heterocycles. The van der Waals surface area contributed by atoms with Crippen molar-refractivity contribution < 1.29 is 17.9 Å². The lowest BCUT2D eigenvalue weighted by Gasteiger charge is -2.27. The van der Waals surface area contributed by atoms with Crippen LogP contribution in [0.1, 0.15) is 31.9 Å². The first-order chi connectivity index (χ1) is 15.9. The first-order valence-corrected chi connectivity index (χ1v) is 13.4. The van der Waals surface area contributed by atoms with Gasteiger partial charge in [0.15, 0.2) is 0 Å². The van der Waals surface area contributed by atoms with Crippen LogP contribution in [0.4, 0.5) is 5.69 Å². The van der Waals surface area contributed by atoms with E-state index < -0.39 is 10.0 Å². The van der Waals surface area contributed by atoms with Gasteiger partial charge in [0.2, 0.25) is 5.91 Å². The van der Waals surface area contributed by atoms with Gasteiger partial charge in [-0.15, -0.1) is 11.3 Å². The Morgan fingerprint density at radius 1 is 1.18 bits per heavy atom. The zero-order valence-corrected chi connectivity index (χ0v) is 20.4. The molecular formula is C23H28N4O4S2. The number of nitrogens with one attached hydrogen (secondary N) is 1. The molecule has 1 amide bonds. The molecule has 1 fully saturated rings. The van der Waals surface area contributed by atoms with Crippen LogP contribution in [0.5, 0.6) is 5.75 Å². The van der Waals surface area contributed by atoms with Gasteiger partial charge in [0.1, 0.15) is 22.2 Å². The predicted molar refractivity (Wildman–Crippen MR) is 129 cm³/mol. The lowest BCUT2D eigenvalue weighted by Crippen LogP contribution is -2.37. The monoisotopic (exact) mass is 488 g/mol. The summed E-state index contributed by atoms with van der Waals surface area (Å²) in [4.78, 5) is 19.4. The number of carbonyl (C=O) groups excluding carboxylic acids is 1. The van der Waals surface area contributed by atoms with E-state index in [9.17, 15) is 13.2 Å². The largest absolute Gasteiger partial charge is 0.494 e. The van der Waals surface area contributed by atoms with Gasteiger partial charge >= 0.3 is 0 Å². The first-order valence-electron chi connectivity index (χ1n) is 11.0. The minimum Gasteiger partial charge on any atom is -0.494 e. The number of hydrogen-bond donors (Lipinski definition) is 1. The summed E-state index contributed by atoms with van der Waals surface area (Å²) in [6.45, 7) is 5.88. The Kier molecular flexibility index (Phi) is 7.04. The smallest absolute Gasteiger partial charge is 0.263 e. The summed E-state index contributed by atoms with van der Waals surface area (Å²) >= 11 is 1.43. The predicted octanol–water partition coefficient (Wildman–Crippen LogP) is 4.13.